The highest BCUT2D eigenvalue weighted by atomic mass is 28.3. The van der Waals surface area contributed by atoms with Gasteiger partial charge < -0.3 is 25.2 Å². The van der Waals surface area contributed by atoms with E-state index in [9.17, 15) is 24.3 Å². The summed E-state index contributed by atoms with van der Waals surface area (Å²) in [5, 5.41) is 14.8. The second-order valence-corrected chi connectivity index (χ2v) is 16.0. The van der Waals surface area contributed by atoms with Gasteiger partial charge in [0.05, 0.1) is 6.61 Å². The molecule has 0 aliphatic heterocycles. The molecule has 0 spiro atoms. The third-order valence-electron chi connectivity index (χ3n) is 5.65. The van der Waals surface area contributed by atoms with Crippen molar-refractivity contribution in [2.45, 2.75) is 70.6 Å². The van der Waals surface area contributed by atoms with E-state index < -0.39 is 43.9 Å². The molecule has 2 amide bonds. The number of benzene rings is 2. The largest absolute Gasteiger partial charge is 0.508 e. The van der Waals surface area contributed by atoms with Crippen molar-refractivity contribution in [2.75, 3.05) is 6.61 Å². The molecule has 2 aromatic rings. The predicted octanol–water partition coefficient (Wildman–Crippen LogP) is 3.33. The summed E-state index contributed by atoms with van der Waals surface area (Å²) in [6.45, 7) is 8.09. The molecular formula is C28H38N2O7Si. The molecule has 0 heterocycles. The monoisotopic (exact) mass is 542 g/mol. The maximum absolute atomic E-state index is 13.2. The molecule has 0 aromatic heterocycles. The van der Waals surface area contributed by atoms with E-state index in [1.807, 2.05) is 30.3 Å². The molecule has 0 radical (unpaired) electrons. The standard InChI is InChI=1S/C28H38N2O7Si/c1-20(31)29-25(18-21-10-12-23(32)13-11-21)27(34)30-24(28(35)36-16-17-38(2,3)4)14-15-26(33)37-19-22-8-6-5-7-9-22/h5-13,24-25,32H,14-19H2,1-4H3,(H,29,31)(H,30,34)/t24-,25-/m0/s1. The van der Waals surface area contributed by atoms with Gasteiger partial charge in [-0.1, -0.05) is 62.1 Å². The van der Waals surface area contributed by atoms with E-state index in [1.54, 1.807) is 12.1 Å². The Labute approximate surface area is 224 Å². The Morgan fingerprint density at radius 2 is 1.53 bits per heavy atom. The number of amides is 2. The third kappa shape index (κ3) is 12.0. The molecule has 0 bridgehead atoms. The fraction of sp³-hybridized carbons (Fsp3) is 0.429. The highest BCUT2D eigenvalue weighted by Gasteiger charge is 2.28. The number of hydrogen-bond donors (Lipinski definition) is 3. The van der Waals surface area contributed by atoms with Crippen LogP contribution in [0.2, 0.25) is 25.7 Å². The van der Waals surface area contributed by atoms with Crippen LogP contribution in [0.1, 0.15) is 30.9 Å². The van der Waals surface area contributed by atoms with Gasteiger partial charge in [0.2, 0.25) is 11.8 Å². The second-order valence-electron chi connectivity index (χ2n) is 10.3. The lowest BCUT2D eigenvalue weighted by Crippen LogP contribution is -2.52. The average Bonchev–Trinajstić information content (AvgIpc) is 2.85. The Hall–Kier alpha value is -3.66. The summed E-state index contributed by atoms with van der Waals surface area (Å²) in [7, 11) is -1.46. The molecular weight excluding hydrogens is 504 g/mol. The summed E-state index contributed by atoms with van der Waals surface area (Å²) in [5.41, 5.74) is 1.54. The molecule has 0 unspecified atom stereocenters. The zero-order valence-corrected chi connectivity index (χ0v) is 23.5. The molecule has 10 heteroatoms. The zero-order valence-electron chi connectivity index (χ0n) is 22.5. The van der Waals surface area contributed by atoms with Crippen molar-refractivity contribution in [3.8, 4) is 5.75 Å². The van der Waals surface area contributed by atoms with Crippen molar-refractivity contribution >= 4 is 31.8 Å². The molecule has 206 valence electrons. The van der Waals surface area contributed by atoms with Crippen LogP contribution < -0.4 is 10.6 Å². The van der Waals surface area contributed by atoms with E-state index in [1.165, 1.54) is 19.1 Å². The normalized spacial score (nSPS) is 12.6. The second kappa shape index (κ2) is 14.9. The average molecular weight is 543 g/mol. The van der Waals surface area contributed by atoms with Gasteiger partial charge in [-0.3, -0.25) is 14.4 Å². The quantitative estimate of drug-likeness (QED) is 0.246. The Morgan fingerprint density at radius 1 is 0.868 bits per heavy atom. The van der Waals surface area contributed by atoms with Crippen molar-refractivity contribution in [3.05, 3.63) is 65.7 Å². The minimum Gasteiger partial charge on any atom is -0.508 e. The maximum atomic E-state index is 13.2. The molecule has 0 saturated carbocycles. The third-order valence-corrected chi connectivity index (χ3v) is 7.35. The van der Waals surface area contributed by atoms with Gasteiger partial charge in [-0.05, 0) is 35.7 Å². The van der Waals surface area contributed by atoms with Crippen LogP contribution in [0.15, 0.2) is 54.6 Å². The summed E-state index contributed by atoms with van der Waals surface area (Å²) in [4.78, 5) is 50.2. The Kier molecular flexibility index (Phi) is 12.0. The lowest BCUT2D eigenvalue weighted by molar-refractivity contribution is -0.149. The van der Waals surface area contributed by atoms with Crippen LogP contribution in [-0.2, 0) is 41.7 Å². The molecule has 9 nitrogen and oxygen atoms in total. The summed E-state index contributed by atoms with van der Waals surface area (Å²) < 4.78 is 10.8. The molecule has 2 atom stereocenters. The van der Waals surface area contributed by atoms with Gasteiger partial charge in [0.1, 0.15) is 24.4 Å². The number of aromatic hydroxyl groups is 1. The molecule has 0 aliphatic rings. The summed E-state index contributed by atoms with van der Waals surface area (Å²) >= 11 is 0. The van der Waals surface area contributed by atoms with Crippen LogP contribution in [-0.4, -0.2) is 55.6 Å². The first-order valence-corrected chi connectivity index (χ1v) is 16.4. The van der Waals surface area contributed by atoms with Gasteiger partial charge in [-0.25, -0.2) is 4.79 Å². The van der Waals surface area contributed by atoms with Gasteiger partial charge in [-0.2, -0.15) is 0 Å². The zero-order chi connectivity index (χ0) is 28.1. The summed E-state index contributed by atoms with van der Waals surface area (Å²) in [6.07, 6.45) is 0.0169. The van der Waals surface area contributed by atoms with E-state index in [4.69, 9.17) is 9.47 Å². The summed E-state index contributed by atoms with van der Waals surface area (Å²) in [6, 6.07) is 14.2. The van der Waals surface area contributed by atoms with E-state index in [-0.39, 0.29) is 38.2 Å². The highest BCUT2D eigenvalue weighted by molar-refractivity contribution is 6.76. The van der Waals surface area contributed by atoms with E-state index in [0.717, 1.165) is 11.6 Å². The first-order valence-electron chi connectivity index (χ1n) is 12.6. The number of phenols is 1. The van der Waals surface area contributed by atoms with Crippen molar-refractivity contribution < 1.29 is 33.8 Å². The first kappa shape index (κ1) is 30.6. The number of hydrogen-bond acceptors (Lipinski definition) is 7. The van der Waals surface area contributed by atoms with Crippen molar-refractivity contribution in [3.63, 3.8) is 0 Å². The molecule has 0 saturated heterocycles. The molecule has 0 aliphatic carbocycles. The lowest BCUT2D eigenvalue weighted by atomic mass is 10.0. The Balaban J connectivity index is 2.07. The summed E-state index contributed by atoms with van der Waals surface area (Å²) in [5.74, 6) is -2.07. The smallest absolute Gasteiger partial charge is 0.328 e. The minimum absolute atomic E-state index is 0.0167. The van der Waals surface area contributed by atoms with Crippen molar-refractivity contribution in [1.82, 2.24) is 10.6 Å². The van der Waals surface area contributed by atoms with Gasteiger partial charge in [-0.15, -0.1) is 0 Å². The first-order chi connectivity index (χ1) is 17.9. The highest BCUT2D eigenvalue weighted by Crippen LogP contribution is 2.13. The number of phenolic OH excluding ortho intramolecular Hbond substituents is 1. The molecule has 0 fully saturated rings. The van der Waals surface area contributed by atoms with Crippen LogP contribution in [0.3, 0.4) is 0 Å². The van der Waals surface area contributed by atoms with Crippen LogP contribution in [0.5, 0.6) is 5.75 Å². The Bertz CT molecular complexity index is 1070. The predicted molar refractivity (Wildman–Crippen MR) is 146 cm³/mol. The van der Waals surface area contributed by atoms with Crippen LogP contribution in [0.4, 0.5) is 0 Å². The lowest BCUT2D eigenvalue weighted by Gasteiger charge is -2.23. The molecule has 3 N–H and O–H groups in total. The SMILES string of the molecule is CC(=O)N[C@@H](Cc1ccc(O)cc1)C(=O)N[C@@H](CCC(=O)OCc1ccccc1)C(=O)OCC[Si](C)(C)C. The van der Waals surface area contributed by atoms with E-state index in [0.29, 0.717) is 5.56 Å². The number of rotatable bonds is 14. The molecule has 2 aromatic carbocycles. The van der Waals surface area contributed by atoms with Crippen molar-refractivity contribution in [1.29, 1.82) is 0 Å². The van der Waals surface area contributed by atoms with Gasteiger partial charge >= 0.3 is 11.9 Å². The van der Waals surface area contributed by atoms with Crippen LogP contribution in [0.25, 0.3) is 0 Å². The minimum atomic E-state index is -1.46. The van der Waals surface area contributed by atoms with Crippen LogP contribution in [0, 0.1) is 0 Å². The topological polar surface area (TPSA) is 131 Å². The molecule has 2 rings (SSSR count). The van der Waals surface area contributed by atoms with Crippen LogP contribution >= 0.6 is 0 Å². The number of carbonyl (C=O) groups excluding carboxylic acids is 4. The number of esters is 2. The van der Waals surface area contributed by atoms with Gasteiger partial charge in [0.25, 0.3) is 0 Å². The number of carbonyl (C=O) groups is 4. The van der Waals surface area contributed by atoms with E-state index in [2.05, 4.69) is 30.3 Å². The van der Waals surface area contributed by atoms with Crippen molar-refractivity contribution in [2.24, 2.45) is 0 Å². The fourth-order valence-electron chi connectivity index (χ4n) is 3.47. The Morgan fingerprint density at radius 3 is 2.13 bits per heavy atom. The van der Waals surface area contributed by atoms with E-state index >= 15 is 0 Å². The maximum Gasteiger partial charge on any atom is 0.328 e. The van der Waals surface area contributed by atoms with Gasteiger partial charge in [0, 0.05) is 27.8 Å². The number of ether oxygens (including phenoxy) is 2. The number of nitrogens with one attached hydrogen (secondary N) is 2. The van der Waals surface area contributed by atoms with Gasteiger partial charge in [0.15, 0.2) is 0 Å². The fourth-order valence-corrected chi connectivity index (χ4v) is 4.19. The molecule has 38 heavy (non-hydrogen) atoms.